The summed E-state index contributed by atoms with van der Waals surface area (Å²) in [4.78, 5) is 12.1. The minimum Gasteiger partial charge on any atom is -0.322 e. The summed E-state index contributed by atoms with van der Waals surface area (Å²) in [6.45, 7) is 1.87. The molecule has 0 radical (unpaired) electrons. The van der Waals surface area contributed by atoms with Gasteiger partial charge in [-0.25, -0.2) is 13.1 Å². The first-order valence-corrected chi connectivity index (χ1v) is 8.70. The van der Waals surface area contributed by atoms with Crippen LogP contribution in [0.5, 0.6) is 0 Å². The molecule has 0 aliphatic rings. The summed E-state index contributed by atoms with van der Waals surface area (Å²) >= 11 is 0. The predicted octanol–water partition coefficient (Wildman–Crippen LogP) is 3.26. The zero-order valence-corrected chi connectivity index (χ0v) is 13.9. The average molecular weight is 372 g/mol. The Balaban J connectivity index is 2.16. The van der Waals surface area contributed by atoms with Gasteiger partial charge in [0.2, 0.25) is 10.0 Å². The summed E-state index contributed by atoms with van der Waals surface area (Å²) in [7, 11) is -3.62. The maximum atomic E-state index is 12.7. The zero-order valence-electron chi connectivity index (χ0n) is 13.1. The van der Waals surface area contributed by atoms with Crippen LogP contribution in [0.3, 0.4) is 0 Å². The lowest BCUT2D eigenvalue weighted by Crippen LogP contribution is -2.23. The molecular formula is C16H15F3N2O3S. The smallest absolute Gasteiger partial charge is 0.322 e. The van der Waals surface area contributed by atoms with Crippen LogP contribution in [0.15, 0.2) is 53.4 Å². The van der Waals surface area contributed by atoms with Crippen LogP contribution in [-0.2, 0) is 16.2 Å². The van der Waals surface area contributed by atoms with Crippen LogP contribution >= 0.6 is 0 Å². The van der Waals surface area contributed by atoms with Crippen LogP contribution < -0.4 is 10.0 Å². The average Bonchev–Trinajstić information content (AvgIpc) is 2.54. The lowest BCUT2D eigenvalue weighted by Gasteiger charge is -2.10. The molecule has 1 amide bonds. The molecule has 5 nitrogen and oxygen atoms in total. The Labute approximate surface area is 142 Å². The van der Waals surface area contributed by atoms with Crippen molar-refractivity contribution >= 4 is 21.6 Å². The molecule has 2 aromatic rings. The molecule has 0 aliphatic carbocycles. The minimum atomic E-state index is -4.54. The van der Waals surface area contributed by atoms with Gasteiger partial charge in [0.25, 0.3) is 5.91 Å². The lowest BCUT2D eigenvalue weighted by atomic mass is 10.1. The SMILES string of the molecule is CCNS(=O)(=O)c1ccc(NC(=O)c2cccc(C(F)(F)F)c2)cc1. The van der Waals surface area contributed by atoms with E-state index in [0.717, 1.165) is 18.2 Å². The van der Waals surface area contributed by atoms with Crippen molar-refractivity contribution < 1.29 is 26.4 Å². The molecule has 2 aromatic carbocycles. The zero-order chi connectivity index (χ0) is 18.7. The summed E-state index contributed by atoms with van der Waals surface area (Å²) in [6, 6.07) is 9.32. The molecule has 0 aromatic heterocycles. The fourth-order valence-corrected chi connectivity index (χ4v) is 3.07. The van der Waals surface area contributed by atoms with E-state index < -0.39 is 27.7 Å². The molecule has 0 heterocycles. The molecule has 9 heteroatoms. The Kier molecular flexibility index (Phi) is 5.48. The van der Waals surface area contributed by atoms with Gasteiger partial charge in [0, 0.05) is 17.8 Å². The van der Waals surface area contributed by atoms with Crippen molar-refractivity contribution in [2.45, 2.75) is 18.0 Å². The van der Waals surface area contributed by atoms with Crippen molar-refractivity contribution in [1.29, 1.82) is 0 Å². The van der Waals surface area contributed by atoms with Gasteiger partial charge in [0.05, 0.1) is 10.5 Å². The number of carbonyl (C=O) groups excluding carboxylic acids is 1. The van der Waals surface area contributed by atoms with Crippen LogP contribution in [-0.4, -0.2) is 20.9 Å². The normalized spacial score (nSPS) is 12.0. The molecule has 2 rings (SSSR count). The van der Waals surface area contributed by atoms with E-state index in [9.17, 15) is 26.4 Å². The van der Waals surface area contributed by atoms with Gasteiger partial charge in [-0.2, -0.15) is 13.2 Å². The molecule has 0 saturated heterocycles. The topological polar surface area (TPSA) is 75.3 Å². The molecule has 0 saturated carbocycles. The van der Waals surface area contributed by atoms with E-state index in [1.54, 1.807) is 6.92 Å². The third-order valence-corrected chi connectivity index (χ3v) is 4.77. The number of rotatable bonds is 5. The highest BCUT2D eigenvalue weighted by Crippen LogP contribution is 2.29. The Morgan fingerprint density at radius 3 is 2.28 bits per heavy atom. The van der Waals surface area contributed by atoms with Gasteiger partial charge in [0.15, 0.2) is 0 Å². The number of benzene rings is 2. The summed E-state index contributed by atoms with van der Waals surface area (Å²) in [5, 5.41) is 2.43. The van der Waals surface area contributed by atoms with E-state index in [-0.39, 0.29) is 22.7 Å². The van der Waals surface area contributed by atoms with Gasteiger partial charge >= 0.3 is 6.18 Å². The van der Waals surface area contributed by atoms with Crippen molar-refractivity contribution in [3.63, 3.8) is 0 Å². The van der Waals surface area contributed by atoms with Crippen LogP contribution in [0.1, 0.15) is 22.8 Å². The van der Waals surface area contributed by atoms with E-state index in [0.29, 0.717) is 0 Å². The van der Waals surface area contributed by atoms with Gasteiger partial charge in [-0.05, 0) is 42.5 Å². The third-order valence-electron chi connectivity index (χ3n) is 3.21. The molecule has 0 aliphatic heterocycles. The molecular weight excluding hydrogens is 357 g/mol. The number of nitrogens with one attached hydrogen (secondary N) is 2. The maximum absolute atomic E-state index is 12.7. The van der Waals surface area contributed by atoms with E-state index >= 15 is 0 Å². The molecule has 0 unspecified atom stereocenters. The van der Waals surface area contributed by atoms with Crippen LogP contribution in [0.4, 0.5) is 18.9 Å². The van der Waals surface area contributed by atoms with Crippen molar-refractivity contribution in [1.82, 2.24) is 4.72 Å². The first-order valence-electron chi connectivity index (χ1n) is 7.22. The molecule has 0 bridgehead atoms. The predicted molar refractivity (Wildman–Crippen MR) is 86.7 cm³/mol. The molecule has 0 spiro atoms. The van der Waals surface area contributed by atoms with E-state index in [1.165, 1.54) is 30.3 Å². The van der Waals surface area contributed by atoms with Crippen molar-refractivity contribution in [2.75, 3.05) is 11.9 Å². The minimum absolute atomic E-state index is 0.0198. The Morgan fingerprint density at radius 2 is 1.72 bits per heavy atom. The number of halogens is 3. The number of hydrogen-bond acceptors (Lipinski definition) is 3. The first-order chi connectivity index (χ1) is 11.6. The van der Waals surface area contributed by atoms with Gasteiger partial charge in [-0.15, -0.1) is 0 Å². The molecule has 2 N–H and O–H groups in total. The van der Waals surface area contributed by atoms with Crippen molar-refractivity contribution in [2.24, 2.45) is 0 Å². The number of sulfonamides is 1. The van der Waals surface area contributed by atoms with Gasteiger partial charge < -0.3 is 5.32 Å². The van der Waals surface area contributed by atoms with E-state index in [2.05, 4.69) is 10.0 Å². The van der Waals surface area contributed by atoms with Crippen LogP contribution in [0, 0.1) is 0 Å². The Morgan fingerprint density at radius 1 is 1.08 bits per heavy atom. The maximum Gasteiger partial charge on any atom is 0.416 e. The first kappa shape index (κ1) is 18.9. The van der Waals surface area contributed by atoms with Gasteiger partial charge in [0.1, 0.15) is 0 Å². The molecule has 134 valence electrons. The Bertz CT molecular complexity index is 863. The van der Waals surface area contributed by atoms with Gasteiger partial charge in [-0.1, -0.05) is 13.0 Å². The lowest BCUT2D eigenvalue weighted by molar-refractivity contribution is -0.137. The Hall–Kier alpha value is -2.39. The number of anilines is 1. The summed E-state index contributed by atoms with van der Waals surface area (Å²) in [5.74, 6) is -0.728. The molecule has 0 fully saturated rings. The third kappa shape index (κ3) is 4.80. The second-order valence-corrected chi connectivity index (χ2v) is 6.83. The number of alkyl halides is 3. The summed E-state index contributed by atoms with van der Waals surface area (Å²) in [5.41, 5.74) is -0.815. The second-order valence-electron chi connectivity index (χ2n) is 5.06. The molecule has 25 heavy (non-hydrogen) atoms. The number of hydrogen-bond donors (Lipinski definition) is 2. The highest BCUT2D eigenvalue weighted by Gasteiger charge is 2.30. The monoisotopic (exact) mass is 372 g/mol. The molecule has 0 atom stereocenters. The summed E-state index contributed by atoms with van der Waals surface area (Å²) in [6.07, 6.45) is -4.54. The fourth-order valence-electron chi connectivity index (χ4n) is 2.03. The second kappa shape index (κ2) is 7.24. The quantitative estimate of drug-likeness (QED) is 0.846. The highest BCUT2D eigenvalue weighted by atomic mass is 32.2. The van der Waals surface area contributed by atoms with Crippen molar-refractivity contribution in [3.8, 4) is 0 Å². The standard InChI is InChI=1S/C16H15F3N2O3S/c1-2-20-25(23,24)14-8-6-13(7-9-14)21-15(22)11-4-3-5-12(10-11)16(17,18)19/h3-10,20H,2H2,1H3,(H,21,22). The van der Waals surface area contributed by atoms with Crippen LogP contribution in [0.2, 0.25) is 0 Å². The summed E-state index contributed by atoms with van der Waals surface area (Å²) < 4.78 is 64.0. The van der Waals surface area contributed by atoms with E-state index in [1.807, 2.05) is 0 Å². The highest BCUT2D eigenvalue weighted by molar-refractivity contribution is 7.89. The van der Waals surface area contributed by atoms with Crippen molar-refractivity contribution in [3.05, 3.63) is 59.7 Å². The number of carbonyl (C=O) groups is 1. The largest absolute Gasteiger partial charge is 0.416 e. The van der Waals surface area contributed by atoms with Gasteiger partial charge in [-0.3, -0.25) is 4.79 Å². The van der Waals surface area contributed by atoms with Crippen LogP contribution in [0.25, 0.3) is 0 Å². The number of amides is 1. The van der Waals surface area contributed by atoms with E-state index in [4.69, 9.17) is 0 Å². The fraction of sp³-hybridized carbons (Fsp3) is 0.188.